The highest BCUT2D eigenvalue weighted by molar-refractivity contribution is 5.79. The number of nitrogens with one attached hydrogen (secondary N) is 1. The highest BCUT2D eigenvalue weighted by Gasteiger charge is 2.29. The van der Waals surface area contributed by atoms with Gasteiger partial charge in [0.2, 0.25) is 6.08 Å². The van der Waals surface area contributed by atoms with Gasteiger partial charge >= 0.3 is 6.09 Å². The zero-order chi connectivity index (χ0) is 19.3. The summed E-state index contributed by atoms with van der Waals surface area (Å²) in [6.07, 6.45) is 0.0450. The first-order chi connectivity index (χ1) is 13.8. The van der Waals surface area contributed by atoms with Crippen LogP contribution in [-0.2, 0) is 9.53 Å². The molecule has 0 spiro atoms. The van der Waals surface area contributed by atoms with Crippen LogP contribution >= 0.6 is 0 Å². The molecule has 4 rings (SSSR count). The summed E-state index contributed by atoms with van der Waals surface area (Å²) >= 11 is 0. The molecule has 5 heteroatoms. The van der Waals surface area contributed by atoms with Gasteiger partial charge in [-0.1, -0.05) is 78.9 Å². The van der Waals surface area contributed by atoms with Crippen LogP contribution in [0.15, 0.2) is 83.9 Å². The number of isocyanates is 1. The van der Waals surface area contributed by atoms with Crippen LogP contribution in [0, 0.1) is 0 Å². The molecule has 3 aromatic rings. The number of ether oxygens (including phenoxy) is 1. The second-order valence-corrected chi connectivity index (χ2v) is 6.50. The average Bonchev–Trinajstić information content (AvgIpc) is 3.06. The molecule has 138 valence electrons. The van der Waals surface area contributed by atoms with E-state index in [2.05, 4.69) is 34.6 Å². The summed E-state index contributed by atoms with van der Waals surface area (Å²) in [6.45, 7) is 0.201. The molecule has 0 unspecified atom stereocenters. The number of hydrogen-bond acceptors (Lipinski definition) is 4. The molecule has 0 aliphatic heterocycles. The van der Waals surface area contributed by atoms with E-state index in [0.29, 0.717) is 5.56 Å². The maximum Gasteiger partial charge on any atom is 0.409 e. The Morgan fingerprint density at radius 3 is 2.11 bits per heavy atom. The Morgan fingerprint density at radius 2 is 1.50 bits per heavy atom. The standard InChI is InChI=1S/C23H18N2O3/c26-15-24-22(16-8-2-1-3-9-16)25-23(27)28-14-21-19-12-6-4-10-17(19)18-11-5-7-13-20(18)21/h1-13,21-22H,14H2,(H,25,27)/t22-/m0/s1. The fraction of sp³-hybridized carbons (Fsp3) is 0.130. The number of aliphatic imine (C=N–C) groups is 1. The number of carbonyl (C=O) groups excluding carboxylic acids is 2. The van der Waals surface area contributed by atoms with E-state index < -0.39 is 12.3 Å². The summed E-state index contributed by atoms with van der Waals surface area (Å²) in [6, 6.07) is 25.3. The van der Waals surface area contributed by atoms with Gasteiger partial charge in [-0.25, -0.2) is 9.59 Å². The minimum atomic E-state index is -0.825. The monoisotopic (exact) mass is 370 g/mol. The second kappa shape index (κ2) is 7.91. The maximum absolute atomic E-state index is 12.4. The molecule has 1 aliphatic carbocycles. The van der Waals surface area contributed by atoms with Crippen molar-refractivity contribution in [3.8, 4) is 11.1 Å². The van der Waals surface area contributed by atoms with Gasteiger partial charge in [0.1, 0.15) is 6.61 Å². The smallest absolute Gasteiger partial charge is 0.409 e. The Hall–Kier alpha value is -3.69. The van der Waals surface area contributed by atoms with Gasteiger partial charge in [0, 0.05) is 5.92 Å². The molecule has 0 bridgehead atoms. The van der Waals surface area contributed by atoms with Crippen LogP contribution in [0.2, 0.25) is 0 Å². The SMILES string of the molecule is O=C=N[C@@H](NC(=O)OCC1c2ccccc2-c2ccccc21)c1ccccc1. The van der Waals surface area contributed by atoms with E-state index in [1.807, 2.05) is 42.5 Å². The Morgan fingerprint density at radius 1 is 0.929 bits per heavy atom. The molecular weight excluding hydrogens is 352 g/mol. The topological polar surface area (TPSA) is 67.8 Å². The molecule has 5 nitrogen and oxygen atoms in total. The molecule has 0 heterocycles. The number of rotatable bonds is 5. The Labute approximate surface area is 162 Å². The summed E-state index contributed by atoms with van der Waals surface area (Å²) in [4.78, 5) is 26.8. The van der Waals surface area contributed by atoms with Gasteiger partial charge in [0.15, 0.2) is 6.17 Å². The highest BCUT2D eigenvalue weighted by atomic mass is 16.5. The van der Waals surface area contributed by atoms with Crippen molar-refractivity contribution in [1.82, 2.24) is 5.32 Å². The molecular formula is C23H18N2O3. The third kappa shape index (κ3) is 3.43. The lowest BCUT2D eigenvalue weighted by atomic mass is 9.98. The lowest BCUT2D eigenvalue weighted by Crippen LogP contribution is -2.29. The summed E-state index contributed by atoms with van der Waals surface area (Å²) in [5.74, 6) is -0.0251. The normalized spacial score (nSPS) is 13.0. The van der Waals surface area contributed by atoms with E-state index in [0.717, 1.165) is 11.1 Å². The van der Waals surface area contributed by atoms with E-state index in [1.54, 1.807) is 12.1 Å². The van der Waals surface area contributed by atoms with E-state index >= 15 is 0 Å². The first-order valence-corrected chi connectivity index (χ1v) is 9.01. The van der Waals surface area contributed by atoms with Crippen LogP contribution in [0.3, 0.4) is 0 Å². The lowest BCUT2D eigenvalue weighted by molar-refractivity contribution is 0.139. The van der Waals surface area contributed by atoms with Crippen molar-refractivity contribution < 1.29 is 14.3 Å². The van der Waals surface area contributed by atoms with Gasteiger partial charge in [-0.3, -0.25) is 5.32 Å². The van der Waals surface area contributed by atoms with Crippen LogP contribution in [0.5, 0.6) is 0 Å². The quantitative estimate of drug-likeness (QED) is 0.529. The first kappa shape index (κ1) is 17.7. The molecule has 1 atom stereocenters. The number of benzene rings is 3. The van der Waals surface area contributed by atoms with Crippen molar-refractivity contribution in [2.45, 2.75) is 12.1 Å². The molecule has 3 aromatic carbocycles. The minimum Gasteiger partial charge on any atom is -0.449 e. The molecule has 1 amide bonds. The van der Waals surface area contributed by atoms with Crippen LogP contribution in [0.1, 0.15) is 28.8 Å². The molecule has 0 fully saturated rings. The largest absolute Gasteiger partial charge is 0.449 e. The van der Waals surface area contributed by atoms with E-state index in [1.165, 1.54) is 17.2 Å². The van der Waals surface area contributed by atoms with Crippen LogP contribution in [0.25, 0.3) is 11.1 Å². The molecule has 0 aromatic heterocycles. The fourth-order valence-corrected chi connectivity index (χ4v) is 3.63. The van der Waals surface area contributed by atoms with Crippen molar-refractivity contribution in [1.29, 1.82) is 0 Å². The number of hydrogen-bond donors (Lipinski definition) is 1. The van der Waals surface area contributed by atoms with Gasteiger partial charge in [0.05, 0.1) is 0 Å². The Kier molecular flexibility index (Phi) is 5.00. The van der Waals surface area contributed by atoms with Gasteiger partial charge in [0.25, 0.3) is 0 Å². The molecule has 28 heavy (non-hydrogen) atoms. The Balaban J connectivity index is 1.48. The summed E-state index contributed by atoms with van der Waals surface area (Å²) in [5.41, 5.74) is 5.29. The van der Waals surface area contributed by atoms with Crippen molar-refractivity contribution in [3.05, 3.63) is 95.6 Å². The van der Waals surface area contributed by atoms with Gasteiger partial charge in [-0.05, 0) is 27.8 Å². The third-order valence-electron chi connectivity index (χ3n) is 4.90. The number of fused-ring (bicyclic) bond motifs is 3. The molecule has 1 N–H and O–H groups in total. The van der Waals surface area contributed by atoms with E-state index in [4.69, 9.17) is 4.74 Å². The Bertz CT molecular complexity index is 997. The van der Waals surface area contributed by atoms with E-state index in [9.17, 15) is 9.59 Å². The fourth-order valence-electron chi connectivity index (χ4n) is 3.63. The number of nitrogens with zero attached hydrogens (tertiary/aromatic N) is 1. The van der Waals surface area contributed by atoms with Crippen LogP contribution in [-0.4, -0.2) is 18.8 Å². The zero-order valence-corrected chi connectivity index (χ0v) is 15.0. The molecule has 1 aliphatic rings. The highest BCUT2D eigenvalue weighted by Crippen LogP contribution is 2.44. The molecule has 0 saturated carbocycles. The van der Waals surface area contributed by atoms with Gasteiger partial charge < -0.3 is 4.74 Å². The number of amides is 1. The van der Waals surface area contributed by atoms with Gasteiger partial charge in [-0.2, -0.15) is 4.99 Å². The first-order valence-electron chi connectivity index (χ1n) is 9.01. The second-order valence-electron chi connectivity index (χ2n) is 6.50. The van der Waals surface area contributed by atoms with Crippen molar-refractivity contribution >= 4 is 12.2 Å². The van der Waals surface area contributed by atoms with Crippen molar-refractivity contribution in [2.24, 2.45) is 4.99 Å². The lowest BCUT2D eigenvalue weighted by Gasteiger charge is -2.17. The third-order valence-corrected chi connectivity index (χ3v) is 4.90. The van der Waals surface area contributed by atoms with E-state index in [-0.39, 0.29) is 12.5 Å². The van der Waals surface area contributed by atoms with Crippen LogP contribution in [0.4, 0.5) is 4.79 Å². The minimum absolute atomic E-state index is 0.0251. The maximum atomic E-state index is 12.4. The predicted octanol–water partition coefficient (Wildman–Crippen LogP) is 4.56. The summed E-state index contributed by atoms with van der Waals surface area (Å²) in [5, 5.41) is 2.62. The predicted molar refractivity (Wildman–Crippen MR) is 106 cm³/mol. The summed E-state index contributed by atoms with van der Waals surface area (Å²) < 4.78 is 5.50. The molecule has 0 radical (unpaired) electrons. The van der Waals surface area contributed by atoms with Crippen molar-refractivity contribution in [3.63, 3.8) is 0 Å². The molecule has 0 saturated heterocycles. The zero-order valence-electron chi connectivity index (χ0n) is 15.0. The summed E-state index contributed by atoms with van der Waals surface area (Å²) in [7, 11) is 0. The van der Waals surface area contributed by atoms with Gasteiger partial charge in [-0.15, -0.1) is 0 Å². The number of carbonyl (C=O) groups is 1. The van der Waals surface area contributed by atoms with Crippen LogP contribution < -0.4 is 5.32 Å². The average molecular weight is 370 g/mol. The number of alkyl carbamates (subject to hydrolysis) is 1. The van der Waals surface area contributed by atoms with Crippen molar-refractivity contribution in [2.75, 3.05) is 6.61 Å².